The first kappa shape index (κ1) is 16.4. The summed E-state index contributed by atoms with van der Waals surface area (Å²) in [7, 11) is 0. The SMILES string of the molecule is CCC[C@@H](N)C(=O)NC(C)c1cccc(OC(F)F)c1. The summed E-state index contributed by atoms with van der Waals surface area (Å²) in [6, 6.07) is 5.36. The molecule has 1 unspecified atom stereocenters. The van der Waals surface area contributed by atoms with Gasteiger partial charge in [-0.25, -0.2) is 0 Å². The van der Waals surface area contributed by atoms with E-state index in [1.54, 1.807) is 19.1 Å². The Morgan fingerprint density at radius 2 is 2.15 bits per heavy atom. The monoisotopic (exact) mass is 286 g/mol. The Bertz CT molecular complexity index is 441. The number of carbonyl (C=O) groups is 1. The Hall–Kier alpha value is -1.69. The predicted octanol–water partition coefficient (Wildman–Crippen LogP) is 2.59. The normalized spacial score (nSPS) is 13.9. The molecule has 1 rings (SSSR count). The lowest BCUT2D eigenvalue weighted by Gasteiger charge is -2.18. The number of ether oxygens (including phenoxy) is 1. The molecule has 0 aliphatic carbocycles. The smallest absolute Gasteiger partial charge is 0.387 e. The summed E-state index contributed by atoms with van der Waals surface area (Å²) in [5.74, 6) is -0.184. The van der Waals surface area contributed by atoms with Crippen molar-refractivity contribution in [2.75, 3.05) is 0 Å². The fourth-order valence-electron chi connectivity index (χ4n) is 1.81. The molecular formula is C14H20F2N2O2. The van der Waals surface area contributed by atoms with Crippen LogP contribution in [0, 0.1) is 0 Å². The second-order valence-electron chi connectivity index (χ2n) is 4.58. The second kappa shape index (κ2) is 7.79. The van der Waals surface area contributed by atoms with Crippen LogP contribution in [0.2, 0.25) is 0 Å². The highest BCUT2D eigenvalue weighted by Gasteiger charge is 2.16. The number of rotatable bonds is 7. The number of hydrogen-bond donors (Lipinski definition) is 2. The van der Waals surface area contributed by atoms with Gasteiger partial charge in [-0.1, -0.05) is 25.5 Å². The van der Waals surface area contributed by atoms with Crippen molar-refractivity contribution < 1.29 is 18.3 Å². The highest BCUT2D eigenvalue weighted by molar-refractivity contribution is 5.81. The summed E-state index contributed by atoms with van der Waals surface area (Å²) in [5.41, 5.74) is 6.39. The van der Waals surface area contributed by atoms with Crippen molar-refractivity contribution in [3.05, 3.63) is 29.8 Å². The van der Waals surface area contributed by atoms with E-state index >= 15 is 0 Å². The lowest BCUT2D eigenvalue weighted by atomic mass is 10.1. The van der Waals surface area contributed by atoms with Crippen LogP contribution >= 0.6 is 0 Å². The quantitative estimate of drug-likeness (QED) is 0.809. The molecule has 1 amide bonds. The molecule has 0 aromatic heterocycles. The van der Waals surface area contributed by atoms with E-state index < -0.39 is 12.7 Å². The largest absolute Gasteiger partial charge is 0.435 e. The number of hydrogen-bond acceptors (Lipinski definition) is 3. The zero-order valence-electron chi connectivity index (χ0n) is 11.6. The zero-order valence-corrected chi connectivity index (χ0v) is 11.6. The maximum absolute atomic E-state index is 12.1. The Morgan fingerprint density at radius 3 is 2.75 bits per heavy atom. The van der Waals surface area contributed by atoms with Gasteiger partial charge < -0.3 is 15.8 Å². The minimum Gasteiger partial charge on any atom is -0.435 e. The van der Waals surface area contributed by atoms with Gasteiger partial charge in [0.1, 0.15) is 5.75 Å². The summed E-state index contributed by atoms with van der Waals surface area (Å²) in [6.45, 7) is 0.841. The minimum atomic E-state index is -2.87. The first-order chi connectivity index (χ1) is 9.43. The molecule has 112 valence electrons. The van der Waals surface area contributed by atoms with Gasteiger partial charge in [-0.05, 0) is 31.0 Å². The molecule has 0 aliphatic heterocycles. The molecule has 3 N–H and O–H groups in total. The molecule has 2 atom stereocenters. The van der Waals surface area contributed by atoms with Crippen molar-refractivity contribution in [2.45, 2.75) is 45.4 Å². The summed E-state index contributed by atoms with van der Waals surface area (Å²) >= 11 is 0. The highest BCUT2D eigenvalue weighted by Crippen LogP contribution is 2.20. The van der Waals surface area contributed by atoms with E-state index in [9.17, 15) is 13.6 Å². The fraction of sp³-hybridized carbons (Fsp3) is 0.500. The van der Waals surface area contributed by atoms with Crippen molar-refractivity contribution >= 4 is 5.91 Å². The van der Waals surface area contributed by atoms with Crippen molar-refractivity contribution in [2.24, 2.45) is 5.73 Å². The molecule has 0 saturated heterocycles. The van der Waals surface area contributed by atoms with Crippen molar-refractivity contribution in [1.82, 2.24) is 5.32 Å². The lowest BCUT2D eigenvalue weighted by molar-refractivity contribution is -0.123. The topological polar surface area (TPSA) is 64.4 Å². The van der Waals surface area contributed by atoms with Gasteiger partial charge in [0.25, 0.3) is 0 Å². The molecule has 0 bridgehead atoms. The average molecular weight is 286 g/mol. The molecular weight excluding hydrogens is 266 g/mol. The summed E-state index contributed by atoms with van der Waals surface area (Å²) < 4.78 is 28.6. The summed E-state index contributed by atoms with van der Waals surface area (Å²) in [4.78, 5) is 11.8. The Labute approximate surface area is 117 Å². The first-order valence-electron chi connectivity index (χ1n) is 6.54. The average Bonchev–Trinajstić information content (AvgIpc) is 2.38. The van der Waals surface area contributed by atoms with Crippen LogP contribution in [-0.2, 0) is 4.79 Å². The molecule has 20 heavy (non-hydrogen) atoms. The van der Waals surface area contributed by atoms with Crippen molar-refractivity contribution in [3.8, 4) is 5.75 Å². The van der Waals surface area contributed by atoms with E-state index in [-0.39, 0.29) is 17.7 Å². The number of alkyl halides is 2. The molecule has 0 heterocycles. The zero-order chi connectivity index (χ0) is 15.1. The molecule has 1 aromatic carbocycles. The molecule has 0 spiro atoms. The number of benzene rings is 1. The van der Waals surface area contributed by atoms with Gasteiger partial charge in [-0.2, -0.15) is 8.78 Å². The third kappa shape index (κ3) is 5.13. The van der Waals surface area contributed by atoms with Gasteiger partial charge in [-0.3, -0.25) is 4.79 Å². The molecule has 0 aliphatic rings. The van der Waals surface area contributed by atoms with E-state index in [2.05, 4.69) is 10.1 Å². The summed E-state index contributed by atoms with van der Waals surface area (Å²) in [6.07, 6.45) is 1.42. The number of amides is 1. The number of nitrogens with one attached hydrogen (secondary N) is 1. The van der Waals surface area contributed by atoms with Gasteiger partial charge in [0.2, 0.25) is 5.91 Å². The third-order valence-corrected chi connectivity index (χ3v) is 2.88. The van der Waals surface area contributed by atoms with E-state index in [0.717, 1.165) is 6.42 Å². The van der Waals surface area contributed by atoms with Crippen LogP contribution in [0.1, 0.15) is 38.3 Å². The van der Waals surface area contributed by atoms with Gasteiger partial charge in [-0.15, -0.1) is 0 Å². The Balaban J connectivity index is 2.67. The van der Waals surface area contributed by atoms with E-state index in [1.807, 2.05) is 6.92 Å². The Morgan fingerprint density at radius 1 is 1.45 bits per heavy atom. The number of carbonyl (C=O) groups excluding carboxylic acids is 1. The van der Waals surface area contributed by atoms with Gasteiger partial charge in [0, 0.05) is 0 Å². The fourth-order valence-corrected chi connectivity index (χ4v) is 1.81. The standard InChI is InChI=1S/C14H20F2N2O2/c1-3-5-12(17)13(19)18-9(2)10-6-4-7-11(8-10)20-14(15)16/h4,6-9,12,14H,3,5,17H2,1-2H3,(H,18,19)/t9?,12-/m1/s1. The number of halogens is 2. The molecule has 0 saturated carbocycles. The van der Waals surface area contributed by atoms with Gasteiger partial charge in [0.15, 0.2) is 0 Å². The number of nitrogens with two attached hydrogens (primary N) is 1. The molecule has 0 radical (unpaired) electrons. The van der Waals surface area contributed by atoms with Crippen LogP contribution in [0.15, 0.2) is 24.3 Å². The van der Waals surface area contributed by atoms with Crippen LogP contribution in [0.25, 0.3) is 0 Å². The van der Waals surface area contributed by atoms with Crippen LogP contribution in [-0.4, -0.2) is 18.6 Å². The van der Waals surface area contributed by atoms with E-state index in [1.165, 1.54) is 12.1 Å². The molecule has 4 nitrogen and oxygen atoms in total. The van der Waals surface area contributed by atoms with Crippen LogP contribution in [0.3, 0.4) is 0 Å². The summed E-state index contributed by atoms with van der Waals surface area (Å²) in [5, 5.41) is 2.75. The maximum atomic E-state index is 12.1. The van der Waals surface area contributed by atoms with Crippen molar-refractivity contribution in [3.63, 3.8) is 0 Å². The maximum Gasteiger partial charge on any atom is 0.387 e. The molecule has 6 heteroatoms. The van der Waals surface area contributed by atoms with Gasteiger partial charge in [0.05, 0.1) is 12.1 Å². The predicted molar refractivity (Wildman–Crippen MR) is 72.5 cm³/mol. The molecule has 0 fully saturated rings. The second-order valence-corrected chi connectivity index (χ2v) is 4.58. The van der Waals surface area contributed by atoms with Crippen molar-refractivity contribution in [1.29, 1.82) is 0 Å². The van der Waals surface area contributed by atoms with Crippen LogP contribution < -0.4 is 15.8 Å². The third-order valence-electron chi connectivity index (χ3n) is 2.88. The van der Waals surface area contributed by atoms with E-state index in [4.69, 9.17) is 5.73 Å². The van der Waals surface area contributed by atoms with Gasteiger partial charge >= 0.3 is 6.61 Å². The highest BCUT2D eigenvalue weighted by atomic mass is 19.3. The van der Waals surface area contributed by atoms with Crippen LogP contribution in [0.4, 0.5) is 8.78 Å². The van der Waals surface area contributed by atoms with E-state index in [0.29, 0.717) is 12.0 Å². The minimum absolute atomic E-state index is 0.0662. The first-order valence-corrected chi connectivity index (χ1v) is 6.54. The molecule has 1 aromatic rings. The van der Waals surface area contributed by atoms with Crippen LogP contribution in [0.5, 0.6) is 5.75 Å². The lowest BCUT2D eigenvalue weighted by Crippen LogP contribution is -2.41. The Kier molecular flexibility index (Phi) is 6.38.